The number of ether oxygens (including phenoxy) is 2. The predicted octanol–water partition coefficient (Wildman–Crippen LogP) is 2.68. The summed E-state index contributed by atoms with van der Waals surface area (Å²) < 4.78 is 57.4. The van der Waals surface area contributed by atoms with Crippen molar-refractivity contribution < 1.29 is 41.1 Å². The molecule has 0 unspecified atom stereocenters. The topological polar surface area (TPSA) is 119 Å². The highest BCUT2D eigenvalue weighted by Crippen LogP contribution is 2.22. The van der Waals surface area contributed by atoms with E-state index >= 15 is 0 Å². The molecule has 0 spiro atoms. The van der Waals surface area contributed by atoms with Crippen LogP contribution in [0.5, 0.6) is 0 Å². The summed E-state index contributed by atoms with van der Waals surface area (Å²) in [6, 6.07) is 10.1. The zero-order valence-corrected chi connectivity index (χ0v) is 17.2. The van der Waals surface area contributed by atoms with Crippen molar-refractivity contribution in [2.45, 2.75) is 10.7 Å². The Morgan fingerprint density at radius 2 is 1.68 bits per heavy atom. The second-order valence-corrected chi connectivity index (χ2v) is 7.92. The number of hydrogen-bond donors (Lipinski definition) is 1. The molecule has 31 heavy (non-hydrogen) atoms. The number of para-hydroxylation sites is 1. The van der Waals surface area contributed by atoms with E-state index in [9.17, 15) is 31.6 Å². The largest absolute Gasteiger partial charge is 0.452 e. The lowest BCUT2D eigenvalue weighted by Crippen LogP contribution is -2.28. The molecule has 0 heterocycles. The van der Waals surface area contributed by atoms with Gasteiger partial charge in [-0.2, -0.15) is 8.78 Å². The van der Waals surface area contributed by atoms with Crippen LogP contribution in [0.2, 0.25) is 0 Å². The standard InChI is InChI=1S/C19H18F2N2O7S/c1-23(19(26)29-2)15-6-4-3-5-14(15)17(25)30-11-16(24)22-12-7-9-13(10-8-12)31(27,28)18(20)21/h3-10,18H,11H2,1-2H3,(H,22,24). The minimum atomic E-state index is -4.75. The van der Waals surface area contributed by atoms with E-state index in [-0.39, 0.29) is 16.9 Å². The molecule has 0 fully saturated rings. The molecule has 0 aliphatic heterocycles. The van der Waals surface area contributed by atoms with Crippen LogP contribution in [0.1, 0.15) is 10.4 Å². The highest BCUT2D eigenvalue weighted by Gasteiger charge is 2.26. The third kappa shape index (κ3) is 5.75. The lowest BCUT2D eigenvalue weighted by molar-refractivity contribution is -0.119. The van der Waals surface area contributed by atoms with E-state index in [2.05, 4.69) is 10.1 Å². The van der Waals surface area contributed by atoms with Gasteiger partial charge in [-0.05, 0) is 36.4 Å². The Labute approximate surface area is 176 Å². The number of halogens is 2. The van der Waals surface area contributed by atoms with Gasteiger partial charge in [0.1, 0.15) is 0 Å². The van der Waals surface area contributed by atoms with Crippen molar-refractivity contribution in [3.63, 3.8) is 0 Å². The second kappa shape index (κ2) is 9.98. The van der Waals surface area contributed by atoms with Gasteiger partial charge in [0.25, 0.3) is 5.91 Å². The molecule has 0 radical (unpaired) electrons. The number of amides is 2. The number of carbonyl (C=O) groups is 3. The van der Waals surface area contributed by atoms with Crippen molar-refractivity contribution >= 4 is 39.2 Å². The van der Waals surface area contributed by atoms with Crippen LogP contribution in [0.15, 0.2) is 53.4 Å². The summed E-state index contributed by atoms with van der Waals surface area (Å²) in [6.45, 7) is -0.688. The molecule has 2 amide bonds. The number of alkyl halides is 2. The number of benzene rings is 2. The third-order valence-electron chi connectivity index (χ3n) is 3.97. The fourth-order valence-corrected chi connectivity index (χ4v) is 3.13. The first-order valence-electron chi connectivity index (χ1n) is 8.57. The van der Waals surface area contributed by atoms with Crippen LogP contribution in [0, 0.1) is 0 Å². The molecule has 166 valence electrons. The summed E-state index contributed by atoms with van der Waals surface area (Å²) in [6.07, 6.45) is -0.713. The Morgan fingerprint density at radius 1 is 1.06 bits per heavy atom. The summed E-state index contributed by atoms with van der Waals surface area (Å²) in [7, 11) is -2.17. The normalized spacial score (nSPS) is 11.0. The smallest absolute Gasteiger partial charge is 0.413 e. The average Bonchev–Trinajstić information content (AvgIpc) is 2.76. The molecule has 0 bridgehead atoms. The molecule has 0 aliphatic rings. The van der Waals surface area contributed by atoms with Crippen LogP contribution in [0.3, 0.4) is 0 Å². The lowest BCUT2D eigenvalue weighted by atomic mass is 10.1. The van der Waals surface area contributed by atoms with E-state index in [1.54, 1.807) is 12.1 Å². The first-order valence-corrected chi connectivity index (χ1v) is 10.1. The highest BCUT2D eigenvalue weighted by molar-refractivity contribution is 7.91. The summed E-state index contributed by atoms with van der Waals surface area (Å²) >= 11 is 0. The van der Waals surface area contributed by atoms with Crippen LogP contribution in [0.25, 0.3) is 0 Å². The molecule has 2 rings (SSSR count). The summed E-state index contributed by atoms with van der Waals surface area (Å²) in [4.78, 5) is 36.5. The average molecular weight is 456 g/mol. The van der Waals surface area contributed by atoms with Gasteiger partial charge in [0.05, 0.1) is 23.3 Å². The Morgan fingerprint density at radius 3 is 2.26 bits per heavy atom. The Balaban J connectivity index is 2.01. The van der Waals surface area contributed by atoms with Gasteiger partial charge in [-0.1, -0.05) is 12.1 Å². The van der Waals surface area contributed by atoms with Crippen LogP contribution in [0.4, 0.5) is 25.0 Å². The van der Waals surface area contributed by atoms with Crippen molar-refractivity contribution in [2.75, 3.05) is 31.0 Å². The Kier molecular flexibility index (Phi) is 7.64. The van der Waals surface area contributed by atoms with Crippen molar-refractivity contribution in [1.29, 1.82) is 0 Å². The van der Waals surface area contributed by atoms with Crippen molar-refractivity contribution in [3.8, 4) is 0 Å². The van der Waals surface area contributed by atoms with Crippen molar-refractivity contribution in [3.05, 3.63) is 54.1 Å². The van der Waals surface area contributed by atoms with E-state index < -0.39 is 45.1 Å². The van der Waals surface area contributed by atoms with Gasteiger partial charge >= 0.3 is 17.8 Å². The molecule has 12 heteroatoms. The number of esters is 1. The molecular formula is C19H18F2N2O7S. The van der Waals surface area contributed by atoms with Crippen molar-refractivity contribution in [2.24, 2.45) is 0 Å². The van der Waals surface area contributed by atoms with E-state index in [0.29, 0.717) is 0 Å². The van der Waals surface area contributed by atoms with Gasteiger partial charge in [0.2, 0.25) is 9.84 Å². The Hall–Kier alpha value is -3.54. The van der Waals surface area contributed by atoms with E-state index in [1.807, 2.05) is 0 Å². The van der Waals surface area contributed by atoms with E-state index in [0.717, 1.165) is 29.2 Å². The second-order valence-electron chi connectivity index (χ2n) is 6.00. The maximum atomic E-state index is 12.5. The fraction of sp³-hybridized carbons (Fsp3) is 0.211. The van der Waals surface area contributed by atoms with Gasteiger partial charge < -0.3 is 14.8 Å². The Bertz CT molecular complexity index is 1070. The molecule has 0 saturated carbocycles. The monoisotopic (exact) mass is 456 g/mol. The first kappa shape index (κ1) is 23.7. The number of rotatable bonds is 7. The van der Waals surface area contributed by atoms with Crippen LogP contribution in [-0.4, -0.2) is 52.9 Å². The third-order valence-corrected chi connectivity index (χ3v) is 5.37. The number of carbonyl (C=O) groups excluding carboxylic acids is 3. The van der Waals surface area contributed by atoms with Gasteiger partial charge in [0.15, 0.2) is 6.61 Å². The molecule has 2 aromatic rings. The summed E-state index contributed by atoms with van der Waals surface area (Å²) in [5.41, 5.74) is 0.334. The summed E-state index contributed by atoms with van der Waals surface area (Å²) in [5.74, 6) is -5.19. The predicted molar refractivity (Wildman–Crippen MR) is 106 cm³/mol. The van der Waals surface area contributed by atoms with Gasteiger partial charge in [-0.25, -0.2) is 18.0 Å². The van der Waals surface area contributed by atoms with Gasteiger partial charge in [0, 0.05) is 12.7 Å². The van der Waals surface area contributed by atoms with Crippen LogP contribution in [-0.2, 0) is 24.1 Å². The van der Waals surface area contributed by atoms with Gasteiger partial charge in [-0.15, -0.1) is 0 Å². The maximum absolute atomic E-state index is 12.5. The number of anilines is 2. The van der Waals surface area contributed by atoms with Crippen LogP contribution < -0.4 is 10.2 Å². The highest BCUT2D eigenvalue weighted by atomic mass is 32.2. The van der Waals surface area contributed by atoms with E-state index in [1.165, 1.54) is 26.3 Å². The summed E-state index contributed by atoms with van der Waals surface area (Å²) in [5, 5.41) is 2.34. The SMILES string of the molecule is COC(=O)N(C)c1ccccc1C(=O)OCC(=O)Nc1ccc(S(=O)(=O)C(F)F)cc1. The molecule has 0 saturated heterocycles. The number of hydrogen-bond acceptors (Lipinski definition) is 7. The minimum Gasteiger partial charge on any atom is -0.452 e. The van der Waals surface area contributed by atoms with Crippen LogP contribution >= 0.6 is 0 Å². The van der Waals surface area contributed by atoms with E-state index in [4.69, 9.17) is 4.74 Å². The number of methoxy groups -OCH3 is 1. The molecule has 0 aliphatic carbocycles. The molecule has 2 aromatic carbocycles. The quantitative estimate of drug-likeness (QED) is 0.636. The molecule has 0 aromatic heterocycles. The van der Waals surface area contributed by atoms with Crippen molar-refractivity contribution in [1.82, 2.24) is 0 Å². The lowest BCUT2D eigenvalue weighted by Gasteiger charge is -2.18. The zero-order chi connectivity index (χ0) is 23.2. The first-order chi connectivity index (χ1) is 14.6. The van der Waals surface area contributed by atoms with Gasteiger partial charge in [-0.3, -0.25) is 9.69 Å². The molecule has 9 nitrogen and oxygen atoms in total. The number of sulfone groups is 1. The maximum Gasteiger partial charge on any atom is 0.413 e. The number of nitrogens with zero attached hydrogens (tertiary/aromatic N) is 1. The molecule has 0 atom stereocenters. The minimum absolute atomic E-state index is 0.0183. The zero-order valence-electron chi connectivity index (χ0n) is 16.4. The molecule has 1 N–H and O–H groups in total. The molecular weight excluding hydrogens is 438 g/mol. The number of nitrogens with one attached hydrogen (secondary N) is 1. The fourth-order valence-electron chi connectivity index (χ4n) is 2.41.